The highest BCUT2D eigenvalue weighted by Gasteiger charge is 2.10. The van der Waals surface area contributed by atoms with Crippen LogP contribution in [-0.4, -0.2) is 11.0 Å². The molecule has 2 aromatic rings. The summed E-state index contributed by atoms with van der Waals surface area (Å²) in [4.78, 5) is 4.58. The minimum Gasteiger partial charge on any atom is -0.487 e. The monoisotopic (exact) mass is 348 g/mol. The van der Waals surface area contributed by atoms with Gasteiger partial charge in [-0.15, -0.1) is 0 Å². The quantitative estimate of drug-likeness (QED) is 0.857. The second-order valence-corrected chi connectivity index (χ2v) is 6.10. The molecule has 2 rings (SSSR count). The molecule has 0 aliphatic rings. The summed E-state index contributed by atoms with van der Waals surface area (Å²) in [7, 11) is 0. The van der Waals surface area contributed by atoms with Crippen molar-refractivity contribution in [3.05, 3.63) is 57.8 Å². The van der Waals surface area contributed by atoms with Crippen LogP contribution in [-0.2, 0) is 13.0 Å². The Hall–Kier alpha value is -1.39. The van der Waals surface area contributed by atoms with Gasteiger partial charge in [-0.2, -0.15) is 0 Å². The fourth-order valence-corrected chi connectivity index (χ4v) is 2.50. The highest BCUT2D eigenvalue weighted by molar-refractivity contribution is 9.10. The van der Waals surface area contributed by atoms with E-state index in [9.17, 15) is 0 Å². The SMILES string of the molecule is CCC(N)Cc1nc(C)ccc1OCc1cccc(Br)c1. The summed E-state index contributed by atoms with van der Waals surface area (Å²) in [6, 6.07) is 12.2. The normalized spacial score (nSPS) is 12.2. The predicted molar refractivity (Wildman–Crippen MR) is 89.4 cm³/mol. The number of aryl methyl sites for hydroxylation is 1. The first-order chi connectivity index (χ1) is 10.1. The zero-order valence-electron chi connectivity index (χ0n) is 12.5. The zero-order chi connectivity index (χ0) is 15.2. The molecule has 21 heavy (non-hydrogen) atoms. The van der Waals surface area contributed by atoms with Crippen LogP contribution in [0.3, 0.4) is 0 Å². The average Bonchev–Trinajstić information content (AvgIpc) is 2.46. The molecular formula is C17H21BrN2O. The molecule has 2 N–H and O–H groups in total. The first kappa shape index (κ1) is 16.0. The third-order valence-corrected chi connectivity index (χ3v) is 3.83. The van der Waals surface area contributed by atoms with Crippen LogP contribution >= 0.6 is 15.9 Å². The molecule has 1 aromatic carbocycles. The van der Waals surface area contributed by atoms with E-state index in [1.54, 1.807) is 0 Å². The molecule has 0 saturated carbocycles. The minimum atomic E-state index is 0.118. The van der Waals surface area contributed by atoms with Crippen molar-refractivity contribution in [3.8, 4) is 5.75 Å². The lowest BCUT2D eigenvalue weighted by molar-refractivity contribution is 0.300. The molecule has 0 spiro atoms. The predicted octanol–water partition coefficient (Wildman–Crippen LogP) is 4.01. The van der Waals surface area contributed by atoms with Crippen molar-refractivity contribution in [3.63, 3.8) is 0 Å². The summed E-state index contributed by atoms with van der Waals surface area (Å²) in [5.41, 5.74) is 9.10. The van der Waals surface area contributed by atoms with Gasteiger partial charge in [-0.1, -0.05) is 35.0 Å². The number of aromatic nitrogens is 1. The maximum absolute atomic E-state index is 6.05. The first-order valence-electron chi connectivity index (χ1n) is 7.18. The van der Waals surface area contributed by atoms with Crippen molar-refractivity contribution in [1.29, 1.82) is 0 Å². The Kier molecular flexibility index (Phi) is 5.76. The van der Waals surface area contributed by atoms with Crippen molar-refractivity contribution in [2.24, 2.45) is 5.73 Å². The average molecular weight is 349 g/mol. The van der Waals surface area contributed by atoms with E-state index in [0.717, 1.165) is 40.0 Å². The van der Waals surface area contributed by atoms with E-state index in [1.165, 1.54) is 0 Å². The van der Waals surface area contributed by atoms with Gasteiger partial charge in [0.25, 0.3) is 0 Å². The van der Waals surface area contributed by atoms with E-state index in [4.69, 9.17) is 10.5 Å². The van der Waals surface area contributed by atoms with Crippen LogP contribution in [0.25, 0.3) is 0 Å². The number of halogens is 1. The van der Waals surface area contributed by atoms with Gasteiger partial charge in [0.2, 0.25) is 0 Å². The standard InChI is InChI=1S/C17H21BrN2O/c1-3-15(19)10-16-17(8-7-12(2)20-16)21-11-13-5-4-6-14(18)9-13/h4-9,15H,3,10-11,19H2,1-2H3. The van der Waals surface area contributed by atoms with Gasteiger partial charge in [0.1, 0.15) is 12.4 Å². The second kappa shape index (κ2) is 7.57. The number of ether oxygens (including phenoxy) is 1. The lowest BCUT2D eigenvalue weighted by atomic mass is 10.1. The van der Waals surface area contributed by atoms with Crippen LogP contribution in [0.5, 0.6) is 5.75 Å². The summed E-state index contributed by atoms with van der Waals surface area (Å²) in [5, 5.41) is 0. The molecule has 3 nitrogen and oxygen atoms in total. The maximum Gasteiger partial charge on any atom is 0.141 e. The fraction of sp³-hybridized carbons (Fsp3) is 0.353. The first-order valence-corrected chi connectivity index (χ1v) is 7.97. The summed E-state index contributed by atoms with van der Waals surface area (Å²) < 4.78 is 6.99. The molecule has 0 bridgehead atoms. The molecule has 0 aliphatic heterocycles. The zero-order valence-corrected chi connectivity index (χ0v) is 14.1. The third kappa shape index (κ3) is 4.83. The van der Waals surface area contributed by atoms with Crippen LogP contribution in [0, 0.1) is 6.92 Å². The van der Waals surface area contributed by atoms with Gasteiger partial charge in [0.15, 0.2) is 0 Å². The molecule has 112 valence electrons. The summed E-state index contributed by atoms with van der Waals surface area (Å²) in [5.74, 6) is 0.824. The molecule has 0 saturated heterocycles. The van der Waals surface area contributed by atoms with Crippen LogP contribution < -0.4 is 10.5 Å². The third-order valence-electron chi connectivity index (χ3n) is 3.33. The summed E-state index contributed by atoms with van der Waals surface area (Å²) >= 11 is 3.47. The van der Waals surface area contributed by atoms with E-state index in [0.29, 0.717) is 6.61 Å². The van der Waals surface area contributed by atoms with Crippen LogP contribution in [0.1, 0.15) is 30.3 Å². The maximum atomic E-state index is 6.05. The Morgan fingerprint density at radius 3 is 2.81 bits per heavy atom. The van der Waals surface area contributed by atoms with Gasteiger partial charge in [0, 0.05) is 22.6 Å². The van der Waals surface area contributed by atoms with Gasteiger partial charge < -0.3 is 10.5 Å². The van der Waals surface area contributed by atoms with Crippen LogP contribution in [0.4, 0.5) is 0 Å². The molecule has 1 atom stereocenters. The smallest absolute Gasteiger partial charge is 0.141 e. The Labute approximate surface area is 134 Å². The van der Waals surface area contributed by atoms with Gasteiger partial charge in [-0.05, 0) is 43.2 Å². The molecule has 1 aromatic heterocycles. The van der Waals surface area contributed by atoms with Gasteiger partial charge in [-0.25, -0.2) is 0 Å². The van der Waals surface area contributed by atoms with E-state index < -0.39 is 0 Å². The van der Waals surface area contributed by atoms with E-state index >= 15 is 0 Å². The van der Waals surface area contributed by atoms with Crippen molar-refractivity contribution in [1.82, 2.24) is 4.98 Å². The molecule has 0 aliphatic carbocycles. The largest absolute Gasteiger partial charge is 0.487 e. The number of benzene rings is 1. The minimum absolute atomic E-state index is 0.118. The molecule has 4 heteroatoms. The lowest BCUT2D eigenvalue weighted by Gasteiger charge is -2.14. The Balaban J connectivity index is 2.11. The number of rotatable bonds is 6. The fourth-order valence-electron chi connectivity index (χ4n) is 2.06. The number of hydrogen-bond acceptors (Lipinski definition) is 3. The van der Waals surface area contributed by atoms with Crippen molar-refractivity contribution in [2.45, 2.75) is 39.3 Å². The van der Waals surface area contributed by atoms with E-state index in [2.05, 4.69) is 33.9 Å². The topological polar surface area (TPSA) is 48.1 Å². The number of nitrogens with zero attached hydrogens (tertiary/aromatic N) is 1. The molecule has 0 amide bonds. The number of hydrogen-bond donors (Lipinski definition) is 1. The van der Waals surface area contributed by atoms with E-state index in [-0.39, 0.29) is 6.04 Å². The summed E-state index contributed by atoms with van der Waals surface area (Å²) in [6.07, 6.45) is 1.67. The molecule has 1 unspecified atom stereocenters. The summed E-state index contributed by atoms with van der Waals surface area (Å²) in [6.45, 7) is 4.60. The Morgan fingerprint density at radius 1 is 1.29 bits per heavy atom. The number of pyridine rings is 1. The Morgan fingerprint density at radius 2 is 2.10 bits per heavy atom. The molecule has 0 radical (unpaired) electrons. The van der Waals surface area contributed by atoms with E-state index in [1.807, 2.05) is 37.3 Å². The van der Waals surface area contributed by atoms with Crippen LogP contribution in [0.15, 0.2) is 40.9 Å². The van der Waals surface area contributed by atoms with Gasteiger partial charge >= 0.3 is 0 Å². The van der Waals surface area contributed by atoms with Crippen molar-refractivity contribution >= 4 is 15.9 Å². The van der Waals surface area contributed by atoms with Crippen molar-refractivity contribution in [2.75, 3.05) is 0 Å². The van der Waals surface area contributed by atoms with Gasteiger partial charge in [0.05, 0.1) is 5.69 Å². The molecule has 1 heterocycles. The Bertz CT molecular complexity index is 601. The highest BCUT2D eigenvalue weighted by Crippen LogP contribution is 2.21. The van der Waals surface area contributed by atoms with Crippen molar-refractivity contribution < 1.29 is 4.74 Å². The highest BCUT2D eigenvalue weighted by atomic mass is 79.9. The number of nitrogens with two attached hydrogens (primary N) is 1. The van der Waals surface area contributed by atoms with Crippen LogP contribution in [0.2, 0.25) is 0 Å². The second-order valence-electron chi connectivity index (χ2n) is 5.19. The molecular weight excluding hydrogens is 328 g/mol. The molecule has 0 fully saturated rings. The lowest BCUT2D eigenvalue weighted by Crippen LogP contribution is -2.22. The van der Waals surface area contributed by atoms with Gasteiger partial charge in [-0.3, -0.25) is 4.98 Å².